The Bertz CT molecular complexity index is 1520. The number of fused-ring (bicyclic) bond motifs is 2. The monoisotopic (exact) mass is 612 g/mol. The highest BCUT2D eigenvalue weighted by Crippen LogP contribution is 2.57. The molecule has 4 saturated carbocycles. The normalized spacial score (nSPS) is 32.1. The van der Waals surface area contributed by atoms with Crippen LogP contribution in [0, 0.1) is 29.1 Å². The summed E-state index contributed by atoms with van der Waals surface area (Å²) in [6.07, 6.45) is 6.34. The van der Waals surface area contributed by atoms with Gasteiger partial charge < -0.3 is 14.6 Å². The summed E-state index contributed by atoms with van der Waals surface area (Å²) >= 11 is 0. The van der Waals surface area contributed by atoms with Gasteiger partial charge in [-0.3, -0.25) is 4.79 Å². The Labute approximate surface area is 251 Å². The summed E-state index contributed by atoms with van der Waals surface area (Å²) in [4.78, 5) is 20.6. The third kappa shape index (κ3) is 5.34. The van der Waals surface area contributed by atoms with Crippen molar-refractivity contribution in [3.63, 3.8) is 0 Å². The van der Waals surface area contributed by atoms with Gasteiger partial charge in [0.05, 0.1) is 17.6 Å². The average molecular weight is 613 g/mol. The maximum absolute atomic E-state index is 14.8. The molecule has 43 heavy (non-hydrogen) atoms. The van der Waals surface area contributed by atoms with Crippen LogP contribution in [0.1, 0.15) is 87.7 Å². The Morgan fingerprint density at radius 2 is 1.67 bits per heavy atom. The van der Waals surface area contributed by atoms with Crippen LogP contribution in [0.4, 0.5) is 14.5 Å². The number of hydrogen-bond acceptors (Lipinski definition) is 7. The van der Waals surface area contributed by atoms with Gasteiger partial charge in [-0.1, -0.05) is 25.0 Å². The van der Waals surface area contributed by atoms with Crippen molar-refractivity contribution in [3.05, 3.63) is 35.9 Å². The molecule has 230 valence electrons. The topological polar surface area (TPSA) is 116 Å². The van der Waals surface area contributed by atoms with E-state index in [2.05, 4.69) is 16.3 Å². The summed E-state index contributed by atoms with van der Waals surface area (Å²) in [5, 5.41) is 12.6. The SMILES string of the molecule is N#CC1(NC(=O)[C@@H]2CCCC[C@H]2c2oc(C3CC4CCC(C3)C4(F)F)nc2-c2ccc(N3CCS(=O)(=O)CC3)cc2)CC1. The fourth-order valence-electron chi connectivity index (χ4n) is 7.91. The van der Waals surface area contributed by atoms with Crippen molar-refractivity contribution in [1.29, 1.82) is 5.26 Å². The largest absolute Gasteiger partial charge is 0.444 e. The third-order valence-electron chi connectivity index (χ3n) is 10.7. The molecule has 1 amide bonds. The number of carbonyl (C=O) groups excluding carboxylic acids is 1. The number of carbonyl (C=O) groups is 1. The van der Waals surface area contributed by atoms with Crippen LogP contribution in [-0.2, 0) is 14.6 Å². The molecule has 1 aliphatic heterocycles. The number of sulfone groups is 1. The van der Waals surface area contributed by atoms with E-state index in [0.717, 1.165) is 30.5 Å². The second kappa shape index (κ2) is 10.6. The molecule has 5 aliphatic rings. The number of halogens is 2. The van der Waals surface area contributed by atoms with Crippen LogP contribution in [0.15, 0.2) is 28.7 Å². The minimum atomic E-state index is -2.99. The molecule has 2 heterocycles. The summed E-state index contributed by atoms with van der Waals surface area (Å²) in [6.45, 7) is 0.886. The fraction of sp³-hybridized carbons (Fsp3) is 0.656. The van der Waals surface area contributed by atoms with Crippen molar-refractivity contribution in [3.8, 4) is 17.3 Å². The van der Waals surface area contributed by atoms with Crippen LogP contribution in [-0.4, -0.2) is 55.4 Å². The Morgan fingerprint density at radius 3 is 2.30 bits per heavy atom. The van der Waals surface area contributed by atoms with E-state index in [0.29, 0.717) is 75.4 Å². The van der Waals surface area contributed by atoms with Gasteiger partial charge in [-0.05, 0) is 63.5 Å². The number of amides is 1. The smallest absolute Gasteiger partial charge is 0.253 e. The number of nitrogens with zero attached hydrogens (tertiary/aromatic N) is 3. The number of aromatic nitrogens is 1. The fourth-order valence-corrected chi connectivity index (χ4v) is 9.12. The maximum Gasteiger partial charge on any atom is 0.253 e. The molecule has 1 saturated heterocycles. The van der Waals surface area contributed by atoms with Crippen molar-refractivity contribution in [2.24, 2.45) is 17.8 Å². The van der Waals surface area contributed by atoms with Gasteiger partial charge >= 0.3 is 0 Å². The Morgan fingerprint density at radius 1 is 1.02 bits per heavy atom. The molecule has 2 unspecified atom stereocenters. The number of anilines is 1. The molecule has 2 bridgehead atoms. The van der Waals surface area contributed by atoms with Crippen LogP contribution >= 0.6 is 0 Å². The van der Waals surface area contributed by atoms with Gasteiger partial charge in [-0.2, -0.15) is 5.26 Å². The summed E-state index contributed by atoms with van der Waals surface area (Å²) in [5.74, 6) is -3.46. The average Bonchev–Trinajstić information content (AvgIpc) is 3.63. The van der Waals surface area contributed by atoms with E-state index < -0.39 is 33.1 Å². The van der Waals surface area contributed by atoms with Crippen LogP contribution in [0.25, 0.3) is 11.3 Å². The molecule has 1 N–H and O–H groups in total. The standard InChI is InChI=1S/C32H38F2N4O4S/c33-32(34)22-7-8-23(32)18-21(17-22)30-36-27(20-5-9-24(10-6-20)38-13-15-43(40,41)16-14-38)28(42-30)25-3-1-2-4-26(25)29(39)37-31(19-35)11-12-31/h5-6,9-10,21-23,25-26H,1-4,7-8,11-18H2,(H,37,39)/t21?,22?,23?,25-,26-/m1/s1. The maximum atomic E-state index is 14.8. The van der Waals surface area contributed by atoms with Crippen LogP contribution in [0.5, 0.6) is 0 Å². The molecule has 1 aromatic heterocycles. The predicted molar refractivity (Wildman–Crippen MR) is 156 cm³/mol. The molecule has 5 fully saturated rings. The number of benzene rings is 1. The van der Waals surface area contributed by atoms with E-state index in [9.17, 15) is 27.3 Å². The lowest BCUT2D eigenvalue weighted by Gasteiger charge is -2.33. The molecular weight excluding hydrogens is 574 g/mol. The third-order valence-corrected chi connectivity index (χ3v) is 12.3. The van der Waals surface area contributed by atoms with E-state index >= 15 is 0 Å². The van der Waals surface area contributed by atoms with Crippen molar-refractivity contribution in [1.82, 2.24) is 10.3 Å². The summed E-state index contributed by atoms with van der Waals surface area (Å²) in [6, 6.07) is 10.1. The molecule has 11 heteroatoms. The van der Waals surface area contributed by atoms with E-state index in [1.54, 1.807) is 0 Å². The first-order valence-corrected chi connectivity index (χ1v) is 17.6. The molecular formula is C32H38F2N4O4S. The van der Waals surface area contributed by atoms with E-state index in [4.69, 9.17) is 9.40 Å². The zero-order valence-corrected chi connectivity index (χ0v) is 25.1. The highest BCUT2D eigenvalue weighted by Gasteiger charge is 2.57. The summed E-state index contributed by atoms with van der Waals surface area (Å²) in [5.41, 5.74) is 1.64. The minimum Gasteiger partial charge on any atom is -0.444 e. The Kier molecular flexibility index (Phi) is 7.07. The van der Waals surface area contributed by atoms with Crippen molar-refractivity contribution >= 4 is 21.4 Å². The van der Waals surface area contributed by atoms with Gasteiger partial charge in [0.1, 0.15) is 17.0 Å². The summed E-state index contributed by atoms with van der Waals surface area (Å²) < 4.78 is 59.9. The molecule has 7 rings (SSSR count). The first-order valence-electron chi connectivity index (χ1n) is 15.7. The van der Waals surface area contributed by atoms with Gasteiger partial charge in [0, 0.05) is 53.9 Å². The quantitative estimate of drug-likeness (QED) is 0.454. The van der Waals surface area contributed by atoms with Crippen LogP contribution in [0.2, 0.25) is 0 Å². The van der Waals surface area contributed by atoms with Gasteiger partial charge in [0.25, 0.3) is 5.92 Å². The zero-order chi connectivity index (χ0) is 30.0. The number of alkyl halides is 2. The van der Waals surface area contributed by atoms with Crippen molar-refractivity contribution < 1.29 is 26.4 Å². The van der Waals surface area contributed by atoms with E-state index in [1.165, 1.54) is 0 Å². The number of nitriles is 1. The summed E-state index contributed by atoms with van der Waals surface area (Å²) in [7, 11) is -2.99. The van der Waals surface area contributed by atoms with Crippen LogP contribution in [0.3, 0.4) is 0 Å². The number of oxazole rings is 1. The van der Waals surface area contributed by atoms with E-state index in [1.807, 2.05) is 24.3 Å². The van der Waals surface area contributed by atoms with Gasteiger partial charge in [0.2, 0.25) is 5.91 Å². The Balaban J connectivity index is 1.21. The lowest BCUT2D eigenvalue weighted by molar-refractivity contribution is -0.127. The minimum absolute atomic E-state index is 0.126. The van der Waals surface area contributed by atoms with Crippen LogP contribution < -0.4 is 10.2 Å². The first-order chi connectivity index (χ1) is 20.6. The van der Waals surface area contributed by atoms with Crippen molar-refractivity contribution in [2.75, 3.05) is 29.5 Å². The zero-order valence-electron chi connectivity index (χ0n) is 24.2. The first kappa shape index (κ1) is 28.8. The van der Waals surface area contributed by atoms with Gasteiger partial charge in [-0.15, -0.1) is 0 Å². The molecule has 0 radical (unpaired) electrons. The molecule has 1 aromatic carbocycles. The molecule has 4 atom stereocenters. The second-order valence-corrected chi connectivity index (χ2v) is 15.7. The highest BCUT2D eigenvalue weighted by molar-refractivity contribution is 7.91. The lowest BCUT2D eigenvalue weighted by Crippen LogP contribution is -2.42. The number of hydrogen-bond donors (Lipinski definition) is 1. The molecule has 2 aromatic rings. The second-order valence-electron chi connectivity index (χ2n) is 13.4. The lowest BCUT2D eigenvalue weighted by atomic mass is 9.76. The van der Waals surface area contributed by atoms with E-state index in [-0.39, 0.29) is 35.2 Å². The predicted octanol–water partition coefficient (Wildman–Crippen LogP) is 5.56. The van der Waals surface area contributed by atoms with Gasteiger partial charge in [-0.25, -0.2) is 22.2 Å². The molecule has 4 aliphatic carbocycles. The molecule has 8 nitrogen and oxygen atoms in total. The molecule has 0 spiro atoms. The van der Waals surface area contributed by atoms with Gasteiger partial charge in [0.15, 0.2) is 15.7 Å². The van der Waals surface area contributed by atoms with Crippen molar-refractivity contribution in [2.45, 2.75) is 87.5 Å². The highest BCUT2D eigenvalue weighted by atomic mass is 32.2. The number of rotatable bonds is 6. The Hall–Kier alpha value is -3.00. The number of nitrogens with one attached hydrogen (secondary N) is 1.